The van der Waals surface area contributed by atoms with Gasteiger partial charge in [-0.05, 0) is 37.3 Å². The molecule has 1 aromatic carbocycles. The van der Waals surface area contributed by atoms with Crippen LogP contribution in [0.4, 0.5) is 5.69 Å². The number of anilines is 1. The van der Waals surface area contributed by atoms with Crippen molar-refractivity contribution >= 4 is 15.7 Å². The molecule has 0 heterocycles. The van der Waals surface area contributed by atoms with Crippen LogP contribution >= 0.6 is 0 Å². The minimum absolute atomic E-state index is 0.0397. The van der Waals surface area contributed by atoms with Crippen LogP contribution in [0.25, 0.3) is 0 Å². The predicted octanol–water partition coefficient (Wildman–Crippen LogP) is 2.18. The molecule has 0 aromatic heterocycles. The normalized spacial score (nSPS) is 16.2. The van der Waals surface area contributed by atoms with Gasteiger partial charge in [0.15, 0.2) is 11.5 Å². The molecule has 0 aliphatic heterocycles. The molecule has 0 saturated heterocycles. The lowest BCUT2D eigenvalue weighted by Crippen LogP contribution is -2.29. The number of nitrogens with one attached hydrogen (secondary N) is 1. The first kappa shape index (κ1) is 16.9. The van der Waals surface area contributed by atoms with Crippen LogP contribution in [0.15, 0.2) is 12.1 Å². The third-order valence-corrected chi connectivity index (χ3v) is 5.13. The lowest BCUT2D eigenvalue weighted by molar-refractivity contribution is 0.103. The molecule has 1 N–H and O–H groups in total. The minimum Gasteiger partial charge on any atom is -0.493 e. The lowest BCUT2D eigenvalue weighted by Gasteiger charge is -2.18. The van der Waals surface area contributed by atoms with E-state index in [1.807, 2.05) is 6.92 Å². The number of sulfonamides is 1. The molecule has 2 rings (SSSR count). The highest BCUT2D eigenvalue weighted by atomic mass is 32.2. The summed E-state index contributed by atoms with van der Waals surface area (Å²) < 4.78 is 43.0. The fourth-order valence-electron chi connectivity index (χ4n) is 2.38. The maximum atomic E-state index is 12.3. The Bertz CT molecular complexity index is 625. The van der Waals surface area contributed by atoms with Crippen molar-refractivity contribution in [3.05, 3.63) is 17.7 Å². The molecule has 1 aliphatic carbocycles. The van der Waals surface area contributed by atoms with E-state index in [0.717, 1.165) is 18.4 Å². The third kappa shape index (κ3) is 4.04. The molecule has 6 nitrogen and oxygen atoms in total. The van der Waals surface area contributed by atoms with Gasteiger partial charge in [-0.3, -0.25) is 4.72 Å². The second kappa shape index (κ2) is 6.75. The molecule has 1 saturated carbocycles. The van der Waals surface area contributed by atoms with Gasteiger partial charge >= 0.3 is 0 Å². The Hall–Kier alpha value is -1.47. The fourth-order valence-corrected chi connectivity index (χ4v) is 3.86. The zero-order valence-corrected chi connectivity index (χ0v) is 14.2. The Morgan fingerprint density at radius 1 is 1.18 bits per heavy atom. The number of rotatable bonds is 8. The van der Waals surface area contributed by atoms with E-state index in [1.54, 1.807) is 26.4 Å². The van der Waals surface area contributed by atoms with Crippen molar-refractivity contribution < 1.29 is 22.6 Å². The smallest absolute Gasteiger partial charge is 0.235 e. The van der Waals surface area contributed by atoms with Gasteiger partial charge in [-0.2, -0.15) is 0 Å². The Kier molecular flexibility index (Phi) is 5.18. The molecule has 7 heteroatoms. The first-order valence-corrected chi connectivity index (χ1v) is 8.81. The van der Waals surface area contributed by atoms with E-state index >= 15 is 0 Å². The number of hydrogen-bond donors (Lipinski definition) is 1. The van der Waals surface area contributed by atoms with Gasteiger partial charge in [-0.15, -0.1) is 0 Å². The van der Waals surface area contributed by atoms with Crippen LogP contribution in [0.3, 0.4) is 0 Å². The molecular weight excluding hydrogens is 306 g/mol. The van der Waals surface area contributed by atoms with Crippen LogP contribution in [-0.4, -0.2) is 41.6 Å². The van der Waals surface area contributed by atoms with E-state index in [1.165, 1.54) is 7.11 Å². The number of aryl methyl sites for hydroxylation is 1. The molecule has 22 heavy (non-hydrogen) atoms. The molecule has 0 spiro atoms. The summed E-state index contributed by atoms with van der Waals surface area (Å²) in [5.41, 5.74) is 1.25. The van der Waals surface area contributed by atoms with Gasteiger partial charge in [0, 0.05) is 13.2 Å². The first-order valence-electron chi connectivity index (χ1n) is 7.16. The van der Waals surface area contributed by atoms with E-state index in [-0.39, 0.29) is 11.9 Å². The summed E-state index contributed by atoms with van der Waals surface area (Å²) >= 11 is 0. The topological polar surface area (TPSA) is 73.9 Å². The van der Waals surface area contributed by atoms with Gasteiger partial charge in [0.05, 0.1) is 31.8 Å². The highest BCUT2D eigenvalue weighted by Crippen LogP contribution is 2.36. The van der Waals surface area contributed by atoms with Crippen LogP contribution in [0, 0.1) is 12.8 Å². The molecule has 0 bridgehead atoms. The molecule has 1 aliphatic rings. The number of methoxy groups -OCH3 is 3. The van der Waals surface area contributed by atoms with Crippen molar-refractivity contribution in [1.82, 2.24) is 0 Å². The van der Waals surface area contributed by atoms with Crippen molar-refractivity contribution in [2.45, 2.75) is 25.9 Å². The first-order chi connectivity index (χ1) is 10.4. The zero-order valence-electron chi connectivity index (χ0n) is 13.4. The highest BCUT2D eigenvalue weighted by molar-refractivity contribution is 7.92. The minimum atomic E-state index is -3.49. The standard InChI is InChI=1S/C15H23NO5S/c1-10-7-13(19-2)14(20-3)8-12(10)16-22(17,18)9-15(21-4)11-5-6-11/h7-8,11,15-16H,5-6,9H2,1-4H3. The van der Waals surface area contributed by atoms with Crippen LogP contribution in [0.2, 0.25) is 0 Å². The summed E-state index contributed by atoms with van der Waals surface area (Å²) in [7, 11) is 1.12. The zero-order chi connectivity index (χ0) is 16.3. The molecule has 1 atom stereocenters. The SMILES string of the molecule is COc1cc(C)c(NS(=O)(=O)CC(OC)C2CC2)cc1OC. The molecule has 0 amide bonds. The second-order valence-corrected chi connectivity index (χ2v) is 7.28. The lowest BCUT2D eigenvalue weighted by atomic mass is 10.2. The molecule has 1 aromatic rings. The van der Waals surface area contributed by atoms with Crippen LogP contribution in [-0.2, 0) is 14.8 Å². The summed E-state index contributed by atoms with van der Waals surface area (Å²) in [6.07, 6.45) is 1.81. The Morgan fingerprint density at radius 2 is 1.77 bits per heavy atom. The molecule has 0 radical (unpaired) electrons. The van der Waals surface area contributed by atoms with Gasteiger partial charge < -0.3 is 14.2 Å². The van der Waals surface area contributed by atoms with E-state index in [2.05, 4.69) is 4.72 Å². The quantitative estimate of drug-likeness (QED) is 0.791. The van der Waals surface area contributed by atoms with Gasteiger partial charge in [0.1, 0.15) is 0 Å². The third-order valence-electron chi connectivity index (χ3n) is 3.83. The second-order valence-electron chi connectivity index (χ2n) is 5.52. The van der Waals surface area contributed by atoms with Gasteiger partial charge in [0.2, 0.25) is 10.0 Å². The predicted molar refractivity (Wildman–Crippen MR) is 85.2 cm³/mol. The summed E-state index contributed by atoms with van der Waals surface area (Å²) in [6, 6.07) is 3.37. The van der Waals surface area contributed by atoms with Crippen molar-refractivity contribution in [2.24, 2.45) is 5.92 Å². The Balaban J connectivity index is 2.17. The summed E-state index contributed by atoms with van der Waals surface area (Å²) in [5.74, 6) is 1.36. The van der Waals surface area contributed by atoms with Crippen molar-refractivity contribution in [3.8, 4) is 11.5 Å². The van der Waals surface area contributed by atoms with Crippen molar-refractivity contribution in [3.63, 3.8) is 0 Å². The van der Waals surface area contributed by atoms with Crippen LogP contribution < -0.4 is 14.2 Å². The number of ether oxygens (including phenoxy) is 3. The van der Waals surface area contributed by atoms with Gasteiger partial charge in [-0.1, -0.05) is 0 Å². The molecular formula is C15H23NO5S. The Morgan fingerprint density at radius 3 is 2.27 bits per heavy atom. The van der Waals surface area contributed by atoms with Gasteiger partial charge in [-0.25, -0.2) is 8.42 Å². The molecule has 124 valence electrons. The fraction of sp³-hybridized carbons (Fsp3) is 0.600. The largest absolute Gasteiger partial charge is 0.493 e. The van der Waals surface area contributed by atoms with E-state index in [0.29, 0.717) is 23.1 Å². The van der Waals surface area contributed by atoms with Crippen molar-refractivity contribution in [1.29, 1.82) is 0 Å². The maximum Gasteiger partial charge on any atom is 0.235 e. The number of hydrogen-bond acceptors (Lipinski definition) is 5. The van der Waals surface area contributed by atoms with E-state index in [4.69, 9.17) is 14.2 Å². The van der Waals surface area contributed by atoms with Crippen LogP contribution in [0.1, 0.15) is 18.4 Å². The molecule has 1 fully saturated rings. The average molecular weight is 329 g/mol. The average Bonchev–Trinajstić information content (AvgIpc) is 3.31. The molecule has 1 unspecified atom stereocenters. The van der Waals surface area contributed by atoms with Crippen molar-refractivity contribution in [2.75, 3.05) is 31.8 Å². The van der Waals surface area contributed by atoms with Crippen LogP contribution in [0.5, 0.6) is 11.5 Å². The highest BCUT2D eigenvalue weighted by Gasteiger charge is 2.34. The summed E-state index contributed by atoms with van der Waals surface area (Å²) in [5, 5.41) is 0. The van der Waals surface area contributed by atoms with E-state index < -0.39 is 10.0 Å². The van der Waals surface area contributed by atoms with Gasteiger partial charge in [0.25, 0.3) is 0 Å². The summed E-state index contributed by atoms with van der Waals surface area (Å²) in [6.45, 7) is 1.81. The van der Waals surface area contributed by atoms with E-state index in [9.17, 15) is 8.42 Å². The maximum absolute atomic E-state index is 12.3. The monoisotopic (exact) mass is 329 g/mol. The Labute approximate surface area is 131 Å². The number of benzene rings is 1. The summed E-state index contributed by atoms with van der Waals surface area (Å²) in [4.78, 5) is 0.